The summed E-state index contributed by atoms with van der Waals surface area (Å²) in [5, 5.41) is 11.4. The van der Waals surface area contributed by atoms with Crippen LogP contribution in [0.5, 0.6) is 11.5 Å². The van der Waals surface area contributed by atoms with Crippen LogP contribution in [0.15, 0.2) is 60.7 Å². The van der Waals surface area contributed by atoms with Gasteiger partial charge in [-0.25, -0.2) is 4.68 Å². The number of carbonyl (C=O) groups excluding carboxylic acids is 1. The van der Waals surface area contributed by atoms with Crippen LogP contribution in [0.2, 0.25) is 0 Å². The van der Waals surface area contributed by atoms with E-state index in [1.807, 2.05) is 55.5 Å². The molecule has 0 unspecified atom stereocenters. The van der Waals surface area contributed by atoms with Crippen LogP contribution in [0, 0.1) is 6.92 Å². The molecule has 7 nitrogen and oxygen atoms in total. The fraction of sp³-hybridized carbons (Fsp3) is 0.174. The maximum Gasteiger partial charge on any atom is 0.255 e. The summed E-state index contributed by atoms with van der Waals surface area (Å²) in [5.74, 6) is 1.17. The summed E-state index contributed by atoms with van der Waals surface area (Å²) in [5.41, 5.74) is 4.71. The van der Waals surface area contributed by atoms with Crippen molar-refractivity contribution in [3.63, 3.8) is 0 Å². The van der Waals surface area contributed by atoms with Gasteiger partial charge in [0.05, 0.1) is 32.0 Å². The molecule has 3 aromatic carbocycles. The van der Waals surface area contributed by atoms with E-state index in [-0.39, 0.29) is 5.91 Å². The molecule has 0 radical (unpaired) electrons. The first-order valence-corrected chi connectivity index (χ1v) is 9.49. The lowest BCUT2D eigenvalue weighted by atomic mass is 10.1. The largest absolute Gasteiger partial charge is 0.497 e. The molecule has 0 saturated carbocycles. The zero-order valence-corrected chi connectivity index (χ0v) is 17.0. The van der Waals surface area contributed by atoms with Gasteiger partial charge in [-0.1, -0.05) is 23.4 Å². The molecule has 30 heavy (non-hydrogen) atoms. The number of amides is 1. The Kier molecular flexibility index (Phi) is 5.34. The van der Waals surface area contributed by atoms with Gasteiger partial charge in [-0.05, 0) is 60.5 Å². The van der Waals surface area contributed by atoms with Gasteiger partial charge >= 0.3 is 0 Å². The molecule has 0 fully saturated rings. The lowest BCUT2D eigenvalue weighted by Crippen LogP contribution is -2.12. The Bertz CT molecular complexity index is 1220. The lowest BCUT2D eigenvalue weighted by molar-refractivity contribution is 0.102. The highest BCUT2D eigenvalue weighted by Gasteiger charge is 2.13. The third-order valence-electron chi connectivity index (χ3n) is 4.85. The second-order valence-corrected chi connectivity index (χ2v) is 6.96. The summed E-state index contributed by atoms with van der Waals surface area (Å²) in [4.78, 5) is 12.8. The Balaban J connectivity index is 1.57. The van der Waals surface area contributed by atoms with E-state index in [0.29, 0.717) is 29.1 Å². The van der Waals surface area contributed by atoms with Crippen LogP contribution in [-0.4, -0.2) is 35.1 Å². The Labute approximate surface area is 174 Å². The van der Waals surface area contributed by atoms with Crippen LogP contribution in [0.4, 0.5) is 5.69 Å². The van der Waals surface area contributed by atoms with Crippen LogP contribution in [0.1, 0.15) is 21.5 Å². The van der Waals surface area contributed by atoms with E-state index in [1.54, 1.807) is 31.0 Å². The Morgan fingerprint density at radius 3 is 2.70 bits per heavy atom. The van der Waals surface area contributed by atoms with Gasteiger partial charge in [0.25, 0.3) is 5.91 Å². The van der Waals surface area contributed by atoms with Crippen LogP contribution in [0.25, 0.3) is 11.0 Å². The molecule has 1 aromatic heterocycles. The number of ether oxygens (including phenoxy) is 2. The van der Waals surface area contributed by atoms with Gasteiger partial charge in [-0.15, -0.1) is 5.10 Å². The Morgan fingerprint density at radius 2 is 1.90 bits per heavy atom. The van der Waals surface area contributed by atoms with Crippen molar-refractivity contribution in [3.8, 4) is 11.5 Å². The first-order valence-electron chi connectivity index (χ1n) is 9.49. The average molecular weight is 402 g/mol. The summed E-state index contributed by atoms with van der Waals surface area (Å²) < 4.78 is 12.4. The van der Waals surface area contributed by atoms with E-state index >= 15 is 0 Å². The summed E-state index contributed by atoms with van der Waals surface area (Å²) in [7, 11) is 3.22. The number of anilines is 1. The van der Waals surface area contributed by atoms with Gasteiger partial charge in [0.1, 0.15) is 17.0 Å². The number of nitrogens with zero attached hydrogens (tertiary/aromatic N) is 3. The third-order valence-corrected chi connectivity index (χ3v) is 4.85. The van der Waals surface area contributed by atoms with Crippen LogP contribution >= 0.6 is 0 Å². The Hall–Kier alpha value is -3.87. The van der Waals surface area contributed by atoms with Gasteiger partial charge in [0, 0.05) is 5.56 Å². The van der Waals surface area contributed by atoms with Crippen molar-refractivity contribution in [3.05, 3.63) is 77.4 Å². The van der Waals surface area contributed by atoms with E-state index in [0.717, 1.165) is 22.4 Å². The van der Waals surface area contributed by atoms with E-state index < -0.39 is 0 Å². The summed E-state index contributed by atoms with van der Waals surface area (Å²) >= 11 is 0. The van der Waals surface area contributed by atoms with E-state index in [4.69, 9.17) is 9.47 Å². The molecule has 0 saturated heterocycles. The minimum absolute atomic E-state index is 0.233. The molecule has 1 amide bonds. The molecule has 152 valence electrons. The summed E-state index contributed by atoms with van der Waals surface area (Å²) in [6.45, 7) is 2.52. The molecule has 4 aromatic rings. The average Bonchev–Trinajstić information content (AvgIpc) is 3.16. The maximum atomic E-state index is 12.8. The number of aromatic nitrogens is 3. The van der Waals surface area contributed by atoms with E-state index in [1.165, 1.54) is 0 Å². The number of aryl methyl sites for hydroxylation is 1. The molecule has 7 heteroatoms. The topological polar surface area (TPSA) is 78.3 Å². The number of hydrogen-bond donors (Lipinski definition) is 1. The quantitative estimate of drug-likeness (QED) is 0.526. The molecule has 0 aliphatic rings. The standard InChI is InChI=1S/C23H22N4O3/c1-15-7-10-22(30-3)20(11-15)24-23(28)17-8-9-21-19(13-17)25-26-27(21)14-16-5-4-6-18(12-16)29-2/h4-13H,14H2,1-3H3,(H,24,28). The van der Waals surface area contributed by atoms with Gasteiger partial charge in [-0.2, -0.15) is 0 Å². The number of nitrogens with one attached hydrogen (secondary N) is 1. The number of hydrogen-bond acceptors (Lipinski definition) is 5. The lowest BCUT2D eigenvalue weighted by Gasteiger charge is -2.11. The van der Waals surface area contributed by atoms with Crippen molar-refractivity contribution in [1.29, 1.82) is 0 Å². The molecule has 0 spiro atoms. The molecular weight excluding hydrogens is 380 g/mol. The number of fused-ring (bicyclic) bond motifs is 1. The predicted molar refractivity (Wildman–Crippen MR) is 115 cm³/mol. The van der Waals surface area contributed by atoms with Crippen LogP contribution in [-0.2, 0) is 6.54 Å². The molecular formula is C23H22N4O3. The third kappa shape index (κ3) is 3.96. The van der Waals surface area contributed by atoms with E-state index in [2.05, 4.69) is 15.6 Å². The number of benzene rings is 3. The van der Waals surface area contributed by atoms with Crippen molar-refractivity contribution < 1.29 is 14.3 Å². The van der Waals surface area contributed by atoms with Crippen molar-refractivity contribution in [2.75, 3.05) is 19.5 Å². The van der Waals surface area contributed by atoms with Crippen molar-refractivity contribution in [1.82, 2.24) is 15.0 Å². The number of carbonyl (C=O) groups is 1. The zero-order valence-electron chi connectivity index (χ0n) is 17.0. The minimum atomic E-state index is -0.233. The van der Waals surface area contributed by atoms with Crippen molar-refractivity contribution >= 4 is 22.6 Å². The summed E-state index contributed by atoms with van der Waals surface area (Å²) in [6, 6.07) is 18.8. The highest BCUT2D eigenvalue weighted by atomic mass is 16.5. The number of methoxy groups -OCH3 is 2. The first-order chi connectivity index (χ1) is 14.6. The molecule has 0 aliphatic heterocycles. The normalized spacial score (nSPS) is 10.8. The van der Waals surface area contributed by atoms with Crippen molar-refractivity contribution in [2.24, 2.45) is 0 Å². The van der Waals surface area contributed by atoms with E-state index in [9.17, 15) is 4.79 Å². The Morgan fingerprint density at radius 1 is 1.03 bits per heavy atom. The van der Waals surface area contributed by atoms with Gasteiger partial charge in [0.15, 0.2) is 0 Å². The second kappa shape index (κ2) is 8.24. The van der Waals surface area contributed by atoms with Gasteiger partial charge < -0.3 is 14.8 Å². The SMILES string of the molecule is COc1cccc(Cn2nnc3cc(C(=O)Nc4cc(C)ccc4OC)ccc32)c1. The minimum Gasteiger partial charge on any atom is -0.497 e. The molecule has 0 bridgehead atoms. The molecule has 1 N–H and O–H groups in total. The van der Waals surface area contributed by atoms with Crippen molar-refractivity contribution in [2.45, 2.75) is 13.5 Å². The van der Waals surface area contributed by atoms with Gasteiger partial charge in [-0.3, -0.25) is 4.79 Å². The fourth-order valence-electron chi connectivity index (χ4n) is 3.29. The molecule has 1 heterocycles. The second-order valence-electron chi connectivity index (χ2n) is 6.96. The monoisotopic (exact) mass is 402 g/mol. The first kappa shape index (κ1) is 19.4. The van der Waals surface area contributed by atoms with Gasteiger partial charge in [0.2, 0.25) is 0 Å². The van der Waals surface area contributed by atoms with Crippen LogP contribution < -0.4 is 14.8 Å². The maximum absolute atomic E-state index is 12.8. The molecule has 0 atom stereocenters. The smallest absolute Gasteiger partial charge is 0.255 e. The fourth-order valence-corrected chi connectivity index (χ4v) is 3.29. The summed E-state index contributed by atoms with van der Waals surface area (Å²) in [6.07, 6.45) is 0. The predicted octanol–water partition coefficient (Wildman–Crippen LogP) is 4.06. The number of rotatable bonds is 6. The highest BCUT2D eigenvalue weighted by molar-refractivity contribution is 6.06. The highest BCUT2D eigenvalue weighted by Crippen LogP contribution is 2.26. The zero-order chi connectivity index (χ0) is 21.1. The molecule has 0 aliphatic carbocycles. The van der Waals surface area contributed by atoms with Crippen LogP contribution in [0.3, 0.4) is 0 Å². The molecule has 4 rings (SSSR count).